The predicted molar refractivity (Wildman–Crippen MR) is 80.3 cm³/mol. The Morgan fingerprint density at radius 2 is 1.76 bits per heavy atom. The average molecular weight is 238 g/mol. The molecule has 3 unspecified atom stereocenters. The van der Waals surface area contributed by atoms with Crippen LogP contribution in [0.5, 0.6) is 0 Å². The lowest BCUT2D eigenvalue weighted by atomic mass is 9.80. The molecule has 0 aromatic heterocycles. The van der Waals surface area contributed by atoms with Crippen LogP contribution in [0.15, 0.2) is 12.2 Å². The molecule has 0 heteroatoms. The highest BCUT2D eigenvalue weighted by Gasteiger charge is 2.18. The minimum Gasteiger partial charge on any atom is -0.0999 e. The van der Waals surface area contributed by atoms with Crippen molar-refractivity contribution in [2.75, 3.05) is 0 Å². The summed E-state index contributed by atoms with van der Waals surface area (Å²) in [6.07, 6.45) is 9.26. The Labute approximate surface area is 110 Å². The molecule has 3 atom stereocenters. The van der Waals surface area contributed by atoms with Crippen LogP contribution in [0.25, 0.3) is 0 Å². The highest BCUT2D eigenvalue weighted by Crippen LogP contribution is 2.30. The summed E-state index contributed by atoms with van der Waals surface area (Å²) < 4.78 is 0. The van der Waals surface area contributed by atoms with Gasteiger partial charge in [-0.1, -0.05) is 72.5 Å². The molecule has 0 spiro atoms. The van der Waals surface area contributed by atoms with Crippen LogP contribution < -0.4 is 0 Å². The second kappa shape index (κ2) is 9.74. The molecule has 0 aliphatic rings. The number of hydrogen-bond acceptors (Lipinski definition) is 0. The minimum absolute atomic E-state index is 0.818. The molecule has 0 saturated carbocycles. The first-order valence-electron chi connectivity index (χ1n) is 7.71. The van der Waals surface area contributed by atoms with Crippen molar-refractivity contribution in [1.82, 2.24) is 0 Å². The molecular formula is C17H34. The van der Waals surface area contributed by atoms with E-state index in [0.29, 0.717) is 0 Å². The van der Waals surface area contributed by atoms with E-state index in [1.165, 1.54) is 44.1 Å². The third-order valence-electron chi connectivity index (χ3n) is 4.22. The molecule has 0 radical (unpaired) electrons. The molecule has 0 fully saturated rings. The van der Waals surface area contributed by atoms with E-state index in [-0.39, 0.29) is 0 Å². The van der Waals surface area contributed by atoms with Gasteiger partial charge in [-0.2, -0.15) is 0 Å². The van der Waals surface area contributed by atoms with Gasteiger partial charge in [0.25, 0.3) is 0 Å². The fourth-order valence-electron chi connectivity index (χ4n) is 2.67. The lowest BCUT2D eigenvalue weighted by molar-refractivity contribution is 0.261. The lowest BCUT2D eigenvalue weighted by Crippen LogP contribution is -2.15. The van der Waals surface area contributed by atoms with E-state index in [4.69, 9.17) is 0 Å². The van der Waals surface area contributed by atoms with Crippen molar-refractivity contribution < 1.29 is 0 Å². The molecule has 0 aliphatic carbocycles. The summed E-state index contributed by atoms with van der Waals surface area (Å²) >= 11 is 0. The summed E-state index contributed by atoms with van der Waals surface area (Å²) in [5.74, 6) is 2.64. The van der Waals surface area contributed by atoms with Crippen molar-refractivity contribution in [3.8, 4) is 0 Å². The maximum absolute atomic E-state index is 4.15. The van der Waals surface area contributed by atoms with Gasteiger partial charge in [-0.05, 0) is 37.0 Å². The zero-order valence-electron chi connectivity index (χ0n) is 12.9. The van der Waals surface area contributed by atoms with Crippen molar-refractivity contribution in [2.24, 2.45) is 17.8 Å². The molecular weight excluding hydrogens is 204 g/mol. The summed E-state index contributed by atoms with van der Waals surface area (Å²) in [6.45, 7) is 15.8. The second-order valence-corrected chi connectivity index (χ2v) is 5.94. The fourth-order valence-corrected chi connectivity index (χ4v) is 2.67. The number of rotatable bonds is 10. The Hall–Kier alpha value is -0.260. The van der Waals surface area contributed by atoms with Gasteiger partial charge in [-0.15, -0.1) is 0 Å². The second-order valence-electron chi connectivity index (χ2n) is 5.94. The number of unbranched alkanes of at least 4 members (excludes halogenated alkanes) is 1. The molecule has 0 nitrogen and oxygen atoms in total. The van der Waals surface area contributed by atoms with Crippen LogP contribution in [0.2, 0.25) is 0 Å². The summed E-state index contributed by atoms with van der Waals surface area (Å²) in [6, 6.07) is 0. The topological polar surface area (TPSA) is 0 Å². The first kappa shape index (κ1) is 16.7. The molecule has 0 heterocycles. The van der Waals surface area contributed by atoms with Gasteiger partial charge in [0.2, 0.25) is 0 Å². The maximum Gasteiger partial charge on any atom is -0.0297 e. The zero-order chi connectivity index (χ0) is 13.3. The van der Waals surface area contributed by atoms with E-state index >= 15 is 0 Å². The van der Waals surface area contributed by atoms with Gasteiger partial charge in [0, 0.05) is 0 Å². The monoisotopic (exact) mass is 238 g/mol. The smallest absolute Gasteiger partial charge is 0.0297 e. The first-order valence-corrected chi connectivity index (χ1v) is 7.71. The van der Waals surface area contributed by atoms with Crippen molar-refractivity contribution >= 4 is 0 Å². The number of hydrogen-bond donors (Lipinski definition) is 0. The Kier molecular flexibility index (Phi) is 9.59. The van der Waals surface area contributed by atoms with E-state index in [9.17, 15) is 0 Å². The molecule has 0 N–H and O–H groups in total. The molecule has 0 aromatic rings. The van der Waals surface area contributed by atoms with Crippen LogP contribution in [-0.4, -0.2) is 0 Å². The molecule has 0 saturated heterocycles. The molecule has 0 aliphatic heterocycles. The molecule has 0 rings (SSSR count). The highest BCUT2D eigenvalue weighted by atomic mass is 14.2. The Balaban J connectivity index is 4.16. The molecule has 0 amide bonds. The van der Waals surface area contributed by atoms with Crippen LogP contribution in [0.4, 0.5) is 0 Å². The van der Waals surface area contributed by atoms with Gasteiger partial charge in [0.15, 0.2) is 0 Å². The van der Waals surface area contributed by atoms with Crippen molar-refractivity contribution in [2.45, 2.75) is 79.6 Å². The molecule has 102 valence electrons. The minimum atomic E-state index is 0.818. The summed E-state index contributed by atoms with van der Waals surface area (Å²) in [5.41, 5.74) is 1.43. The van der Waals surface area contributed by atoms with Crippen molar-refractivity contribution in [3.05, 3.63) is 12.2 Å². The third kappa shape index (κ3) is 7.63. The van der Waals surface area contributed by atoms with Crippen LogP contribution in [-0.2, 0) is 0 Å². The predicted octanol–water partition coefficient (Wildman–Crippen LogP) is 6.22. The van der Waals surface area contributed by atoms with E-state index in [2.05, 4.69) is 41.2 Å². The molecule has 17 heavy (non-hydrogen) atoms. The van der Waals surface area contributed by atoms with Gasteiger partial charge >= 0.3 is 0 Å². The Morgan fingerprint density at radius 3 is 2.24 bits per heavy atom. The fraction of sp³-hybridized carbons (Fsp3) is 0.882. The van der Waals surface area contributed by atoms with Crippen LogP contribution in [0, 0.1) is 17.8 Å². The number of allylic oxidation sites excluding steroid dienone is 1. The molecule has 0 bridgehead atoms. The zero-order valence-corrected chi connectivity index (χ0v) is 12.9. The van der Waals surface area contributed by atoms with Gasteiger partial charge < -0.3 is 0 Å². The van der Waals surface area contributed by atoms with Crippen LogP contribution >= 0.6 is 0 Å². The van der Waals surface area contributed by atoms with E-state index in [0.717, 1.165) is 24.2 Å². The van der Waals surface area contributed by atoms with Crippen LogP contribution in [0.3, 0.4) is 0 Å². The quantitative estimate of drug-likeness (QED) is 0.396. The summed E-state index contributed by atoms with van der Waals surface area (Å²) in [7, 11) is 0. The first-order chi connectivity index (χ1) is 8.04. The Bertz CT molecular complexity index is 192. The standard InChI is InChI=1S/C17H34/c1-7-10-11-17(16(6)9-3)13-15(5)12-14(4)8-2/h15-17H,4,7-13H2,1-3,5-6H3. The summed E-state index contributed by atoms with van der Waals surface area (Å²) in [4.78, 5) is 0. The Morgan fingerprint density at radius 1 is 1.12 bits per heavy atom. The maximum atomic E-state index is 4.15. The lowest BCUT2D eigenvalue weighted by Gasteiger charge is -2.26. The molecule has 0 aromatic carbocycles. The van der Waals surface area contributed by atoms with E-state index in [1.54, 1.807) is 0 Å². The average Bonchev–Trinajstić information content (AvgIpc) is 2.33. The van der Waals surface area contributed by atoms with Gasteiger partial charge in [0.05, 0.1) is 0 Å². The highest BCUT2D eigenvalue weighted by molar-refractivity contribution is 4.94. The van der Waals surface area contributed by atoms with Gasteiger partial charge in [-0.3, -0.25) is 0 Å². The van der Waals surface area contributed by atoms with E-state index < -0.39 is 0 Å². The largest absolute Gasteiger partial charge is 0.0999 e. The normalized spacial score (nSPS) is 16.5. The van der Waals surface area contributed by atoms with Crippen molar-refractivity contribution in [3.63, 3.8) is 0 Å². The third-order valence-corrected chi connectivity index (χ3v) is 4.22. The van der Waals surface area contributed by atoms with Crippen molar-refractivity contribution in [1.29, 1.82) is 0 Å². The van der Waals surface area contributed by atoms with Crippen LogP contribution in [0.1, 0.15) is 79.6 Å². The SMILES string of the molecule is C=C(CC)CC(C)CC(CCCC)C(C)CC. The van der Waals surface area contributed by atoms with E-state index in [1.807, 2.05) is 0 Å². The van der Waals surface area contributed by atoms with Gasteiger partial charge in [0.1, 0.15) is 0 Å². The van der Waals surface area contributed by atoms with Gasteiger partial charge in [-0.25, -0.2) is 0 Å². The summed E-state index contributed by atoms with van der Waals surface area (Å²) in [5, 5.41) is 0.